The van der Waals surface area contributed by atoms with Crippen LogP contribution in [-0.4, -0.2) is 39.3 Å². The minimum absolute atomic E-state index is 0.0642. The first-order valence-corrected chi connectivity index (χ1v) is 6.21. The van der Waals surface area contributed by atoms with Crippen molar-refractivity contribution in [1.82, 2.24) is 20.2 Å². The molecule has 2 rings (SSSR count). The lowest BCUT2D eigenvalue weighted by Gasteiger charge is -2.38. The van der Waals surface area contributed by atoms with E-state index in [1.165, 1.54) is 11.2 Å². The van der Waals surface area contributed by atoms with E-state index in [9.17, 15) is 9.59 Å². The van der Waals surface area contributed by atoms with Gasteiger partial charge in [0.1, 0.15) is 18.9 Å². The summed E-state index contributed by atoms with van der Waals surface area (Å²) >= 11 is 0. The predicted octanol–water partition coefficient (Wildman–Crippen LogP) is 0.350. The van der Waals surface area contributed by atoms with Crippen molar-refractivity contribution in [3.05, 3.63) is 24.3 Å². The molecule has 0 aromatic carbocycles. The summed E-state index contributed by atoms with van der Waals surface area (Å²) in [6, 6.07) is 1.25. The van der Waals surface area contributed by atoms with Crippen molar-refractivity contribution in [2.24, 2.45) is 5.41 Å². The first-order chi connectivity index (χ1) is 8.88. The van der Waals surface area contributed by atoms with Crippen molar-refractivity contribution in [3.8, 4) is 0 Å². The van der Waals surface area contributed by atoms with Gasteiger partial charge in [0, 0.05) is 6.20 Å². The molecule has 0 radical (unpaired) electrons. The molecule has 1 saturated heterocycles. The van der Waals surface area contributed by atoms with Gasteiger partial charge in [0.2, 0.25) is 11.8 Å². The monoisotopic (exact) mass is 262 g/mol. The third-order valence-electron chi connectivity index (χ3n) is 3.06. The number of aromatic nitrogens is 2. The Morgan fingerprint density at radius 3 is 2.74 bits per heavy atom. The van der Waals surface area contributed by atoms with Crippen LogP contribution in [0.2, 0.25) is 0 Å². The molecule has 1 atom stereocenters. The van der Waals surface area contributed by atoms with Crippen LogP contribution in [0.1, 0.15) is 26.5 Å². The van der Waals surface area contributed by atoms with Crippen LogP contribution in [-0.2, 0) is 16.1 Å². The zero-order valence-corrected chi connectivity index (χ0v) is 11.4. The lowest BCUT2D eigenvalue weighted by molar-refractivity contribution is -0.148. The predicted molar refractivity (Wildman–Crippen MR) is 68.8 cm³/mol. The van der Waals surface area contributed by atoms with Crippen LogP contribution in [0.3, 0.4) is 0 Å². The molecule has 1 aliphatic rings. The third-order valence-corrected chi connectivity index (χ3v) is 3.06. The first kappa shape index (κ1) is 13.5. The van der Waals surface area contributed by atoms with Crippen LogP contribution in [0.5, 0.6) is 0 Å². The number of piperazine rings is 1. The standard InChI is InChI=1S/C13H18N4O2/c1-13(2,3)11-12(19)17(7-10(18)16-11)6-9-4-5-14-8-15-9/h4-5,8,11H,6-7H2,1-3H3,(H,16,18). The first-order valence-electron chi connectivity index (χ1n) is 6.21. The summed E-state index contributed by atoms with van der Waals surface area (Å²) in [5.41, 5.74) is 0.419. The number of rotatable bonds is 2. The molecule has 19 heavy (non-hydrogen) atoms. The second-order valence-electron chi connectivity index (χ2n) is 5.76. The topological polar surface area (TPSA) is 75.2 Å². The van der Waals surface area contributed by atoms with Crippen LogP contribution >= 0.6 is 0 Å². The largest absolute Gasteiger partial charge is 0.342 e. The van der Waals surface area contributed by atoms with Gasteiger partial charge >= 0.3 is 0 Å². The maximum Gasteiger partial charge on any atom is 0.246 e. The van der Waals surface area contributed by atoms with Gasteiger partial charge in [0.05, 0.1) is 12.2 Å². The molecule has 0 bridgehead atoms. The average Bonchev–Trinajstić information content (AvgIpc) is 2.33. The molecule has 1 aromatic rings. The summed E-state index contributed by atoms with van der Waals surface area (Å²) in [5.74, 6) is -0.195. The van der Waals surface area contributed by atoms with E-state index in [2.05, 4.69) is 15.3 Å². The average molecular weight is 262 g/mol. The Balaban J connectivity index is 2.16. The normalized spacial score (nSPS) is 20.4. The van der Waals surface area contributed by atoms with Crippen LogP contribution < -0.4 is 5.32 Å². The molecular formula is C13H18N4O2. The molecule has 2 heterocycles. The van der Waals surface area contributed by atoms with Crippen molar-refractivity contribution in [1.29, 1.82) is 0 Å². The van der Waals surface area contributed by atoms with Gasteiger partial charge in [0.15, 0.2) is 0 Å². The number of nitrogens with zero attached hydrogens (tertiary/aromatic N) is 3. The Kier molecular flexibility index (Phi) is 3.50. The summed E-state index contributed by atoms with van der Waals surface area (Å²) in [5, 5.41) is 2.76. The molecule has 0 aliphatic carbocycles. The van der Waals surface area contributed by atoms with E-state index < -0.39 is 6.04 Å². The van der Waals surface area contributed by atoms with Crippen LogP contribution in [0.4, 0.5) is 0 Å². The van der Waals surface area contributed by atoms with Gasteiger partial charge in [-0.1, -0.05) is 20.8 Å². The Bertz CT molecular complexity index is 481. The van der Waals surface area contributed by atoms with E-state index >= 15 is 0 Å². The van der Waals surface area contributed by atoms with Crippen LogP contribution in [0.15, 0.2) is 18.6 Å². The second kappa shape index (κ2) is 4.95. The number of amides is 2. The van der Waals surface area contributed by atoms with Crippen molar-refractivity contribution in [3.63, 3.8) is 0 Å². The molecule has 6 heteroatoms. The molecule has 6 nitrogen and oxygen atoms in total. The summed E-state index contributed by atoms with van der Waals surface area (Å²) in [7, 11) is 0. The fourth-order valence-corrected chi connectivity index (χ4v) is 2.03. The summed E-state index contributed by atoms with van der Waals surface area (Å²) < 4.78 is 0. The number of carbonyl (C=O) groups is 2. The minimum atomic E-state index is -0.490. The van der Waals surface area contributed by atoms with Gasteiger partial charge in [-0.05, 0) is 11.5 Å². The molecule has 1 unspecified atom stereocenters. The SMILES string of the molecule is CC(C)(C)C1NC(=O)CN(Cc2ccncn2)C1=O. The molecule has 102 valence electrons. The Hall–Kier alpha value is -1.98. The maximum absolute atomic E-state index is 12.4. The Labute approximate surface area is 112 Å². The number of hydrogen-bond acceptors (Lipinski definition) is 4. The molecule has 1 aliphatic heterocycles. The maximum atomic E-state index is 12.4. The molecule has 2 amide bonds. The summed E-state index contributed by atoms with van der Waals surface area (Å²) in [6.45, 7) is 6.22. The van der Waals surface area contributed by atoms with E-state index in [0.717, 1.165) is 5.69 Å². The molecule has 1 fully saturated rings. The van der Waals surface area contributed by atoms with E-state index in [-0.39, 0.29) is 23.8 Å². The molecule has 0 spiro atoms. The van der Waals surface area contributed by atoms with Gasteiger partial charge in [-0.2, -0.15) is 0 Å². The van der Waals surface area contributed by atoms with Crippen molar-refractivity contribution >= 4 is 11.8 Å². The van der Waals surface area contributed by atoms with Gasteiger partial charge < -0.3 is 10.2 Å². The van der Waals surface area contributed by atoms with Crippen LogP contribution in [0, 0.1) is 5.41 Å². The van der Waals surface area contributed by atoms with Gasteiger partial charge in [0.25, 0.3) is 0 Å². The van der Waals surface area contributed by atoms with E-state index in [4.69, 9.17) is 0 Å². The third kappa shape index (κ3) is 3.07. The number of nitrogens with one attached hydrogen (secondary N) is 1. The van der Waals surface area contributed by atoms with E-state index in [1.807, 2.05) is 20.8 Å². The number of hydrogen-bond donors (Lipinski definition) is 1. The van der Waals surface area contributed by atoms with Crippen molar-refractivity contribution < 1.29 is 9.59 Å². The number of carbonyl (C=O) groups excluding carboxylic acids is 2. The molecule has 1 aromatic heterocycles. The zero-order chi connectivity index (χ0) is 14.0. The molecular weight excluding hydrogens is 244 g/mol. The highest BCUT2D eigenvalue weighted by Gasteiger charge is 2.39. The summed E-state index contributed by atoms with van der Waals surface area (Å²) in [4.78, 5) is 33.6. The van der Waals surface area contributed by atoms with Gasteiger partial charge in [-0.15, -0.1) is 0 Å². The highest BCUT2D eigenvalue weighted by Crippen LogP contribution is 2.23. The lowest BCUT2D eigenvalue weighted by atomic mass is 9.85. The van der Waals surface area contributed by atoms with E-state index in [0.29, 0.717) is 6.54 Å². The Morgan fingerprint density at radius 1 is 1.42 bits per heavy atom. The highest BCUT2D eigenvalue weighted by atomic mass is 16.2. The smallest absolute Gasteiger partial charge is 0.246 e. The minimum Gasteiger partial charge on any atom is -0.342 e. The van der Waals surface area contributed by atoms with Crippen LogP contribution in [0.25, 0.3) is 0 Å². The zero-order valence-electron chi connectivity index (χ0n) is 11.4. The Morgan fingerprint density at radius 2 is 2.16 bits per heavy atom. The molecule has 0 saturated carbocycles. The fourth-order valence-electron chi connectivity index (χ4n) is 2.03. The van der Waals surface area contributed by atoms with Crippen molar-refractivity contribution in [2.45, 2.75) is 33.4 Å². The lowest BCUT2D eigenvalue weighted by Crippen LogP contribution is -2.61. The highest BCUT2D eigenvalue weighted by molar-refractivity contribution is 5.95. The fraction of sp³-hybridized carbons (Fsp3) is 0.538. The second-order valence-corrected chi connectivity index (χ2v) is 5.76. The summed E-state index contributed by atoms with van der Waals surface area (Å²) in [6.07, 6.45) is 3.06. The molecule has 1 N–H and O–H groups in total. The van der Waals surface area contributed by atoms with E-state index in [1.54, 1.807) is 12.3 Å². The van der Waals surface area contributed by atoms with Gasteiger partial charge in [-0.3, -0.25) is 9.59 Å². The van der Waals surface area contributed by atoms with Gasteiger partial charge in [-0.25, -0.2) is 9.97 Å². The van der Waals surface area contributed by atoms with Crippen molar-refractivity contribution in [2.75, 3.05) is 6.54 Å². The quantitative estimate of drug-likeness (QED) is 0.834.